The van der Waals surface area contributed by atoms with Gasteiger partial charge >= 0.3 is 5.97 Å². The first kappa shape index (κ1) is 31.8. The number of carbonyl (C=O) groups is 3. The van der Waals surface area contributed by atoms with Crippen LogP contribution >= 0.6 is 0 Å². The summed E-state index contributed by atoms with van der Waals surface area (Å²) in [5.74, 6) is -2.80. The summed E-state index contributed by atoms with van der Waals surface area (Å²) in [6.07, 6.45) is 5.81. The van der Waals surface area contributed by atoms with Gasteiger partial charge in [-0.15, -0.1) is 13.2 Å². The van der Waals surface area contributed by atoms with Crippen molar-refractivity contribution in [3.8, 4) is 0 Å². The monoisotopic (exact) mass is 581 g/mol. The summed E-state index contributed by atoms with van der Waals surface area (Å²) in [6.45, 7) is 17.4. The number of nitrogens with zero attached hydrogens (tertiary/aromatic N) is 3. The van der Waals surface area contributed by atoms with E-state index in [0.29, 0.717) is 37.8 Å². The van der Waals surface area contributed by atoms with E-state index >= 15 is 0 Å². The Kier molecular flexibility index (Phi) is 9.83. The van der Waals surface area contributed by atoms with E-state index in [4.69, 9.17) is 9.47 Å². The predicted octanol–water partition coefficient (Wildman–Crippen LogP) is 4.10. The molecule has 42 heavy (non-hydrogen) atoms. The third-order valence-electron chi connectivity index (χ3n) is 9.62. The van der Waals surface area contributed by atoms with Gasteiger partial charge in [-0.25, -0.2) is 0 Å². The number of fused-ring (bicyclic) bond motifs is 1. The lowest BCUT2D eigenvalue weighted by atomic mass is 9.65. The molecule has 0 aliphatic carbocycles. The van der Waals surface area contributed by atoms with Crippen molar-refractivity contribution in [3.63, 3.8) is 0 Å². The van der Waals surface area contributed by atoms with E-state index in [1.165, 1.54) is 4.90 Å². The van der Waals surface area contributed by atoms with Crippen molar-refractivity contribution in [1.82, 2.24) is 4.90 Å². The summed E-state index contributed by atoms with van der Waals surface area (Å²) in [5.41, 5.74) is -0.350. The molecule has 4 rings (SSSR count). The topological polar surface area (TPSA) is 99.6 Å². The molecule has 0 saturated carbocycles. The molecule has 2 amide bonds. The van der Waals surface area contributed by atoms with Crippen LogP contribution in [0.1, 0.15) is 59.8 Å². The first-order valence-corrected chi connectivity index (χ1v) is 15.4. The third kappa shape index (κ3) is 5.04. The van der Waals surface area contributed by atoms with Gasteiger partial charge in [-0.1, -0.05) is 26.0 Å². The highest BCUT2D eigenvalue weighted by atomic mass is 16.6. The second kappa shape index (κ2) is 13.0. The molecule has 2 unspecified atom stereocenters. The number of likely N-dealkylation sites (tertiary alicyclic amines) is 1. The minimum atomic E-state index is -1.20. The Balaban J connectivity index is 1.79. The molecule has 1 aromatic carbocycles. The smallest absolute Gasteiger partial charge is 0.312 e. The van der Waals surface area contributed by atoms with Crippen molar-refractivity contribution in [1.29, 1.82) is 0 Å². The number of hydrogen-bond acceptors (Lipinski definition) is 7. The number of aliphatic hydroxyl groups is 1. The molecule has 230 valence electrons. The van der Waals surface area contributed by atoms with E-state index in [1.807, 2.05) is 38.1 Å². The van der Waals surface area contributed by atoms with Crippen molar-refractivity contribution in [2.45, 2.75) is 83.1 Å². The number of anilines is 2. The van der Waals surface area contributed by atoms with Gasteiger partial charge in [-0.3, -0.25) is 14.4 Å². The van der Waals surface area contributed by atoms with Gasteiger partial charge in [0, 0.05) is 31.0 Å². The molecule has 0 radical (unpaired) electrons. The molecule has 3 fully saturated rings. The number of rotatable bonds is 15. The van der Waals surface area contributed by atoms with Crippen LogP contribution in [-0.4, -0.2) is 83.9 Å². The highest BCUT2D eigenvalue weighted by molar-refractivity contribution is 6.05. The van der Waals surface area contributed by atoms with Crippen LogP contribution in [0.15, 0.2) is 49.6 Å². The lowest BCUT2D eigenvalue weighted by Crippen LogP contribution is -2.59. The fourth-order valence-corrected chi connectivity index (χ4v) is 7.47. The summed E-state index contributed by atoms with van der Waals surface area (Å²) in [4.78, 5) is 48.1. The fraction of sp³-hybridized carbons (Fsp3) is 0.606. The number of aliphatic hydroxyl groups excluding tert-OH is 1. The molecule has 2 bridgehead atoms. The lowest BCUT2D eigenvalue weighted by Gasteiger charge is -2.39. The number of esters is 1. The number of hydrogen-bond donors (Lipinski definition) is 1. The van der Waals surface area contributed by atoms with Gasteiger partial charge < -0.3 is 29.3 Å². The zero-order valence-corrected chi connectivity index (χ0v) is 25.6. The van der Waals surface area contributed by atoms with Gasteiger partial charge in [0.25, 0.3) is 5.91 Å². The Hall–Kier alpha value is -3.17. The van der Waals surface area contributed by atoms with Gasteiger partial charge in [-0.2, -0.15) is 0 Å². The largest absolute Gasteiger partial charge is 0.465 e. The Morgan fingerprint density at radius 3 is 2.33 bits per heavy atom. The molecule has 9 nitrogen and oxygen atoms in total. The Morgan fingerprint density at radius 1 is 1.12 bits per heavy atom. The number of amides is 2. The molecule has 3 heterocycles. The standard InChI is InChI=1S/C33H47N3O6/c1-7-13-21-41-31(40)27-26-29(38)36(23(9-3)22-37)28(33(26)19-18-32(27,10-4)42-33)30(39)35(20-8-2)25-16-14-24(15-17-25)34(11-5)12-6/h7-8,14-17,23,26-28,37H,1-2,9-13,18-22H2,3-6H3/t23-,26-,27-,28?,32+,33?/m0/s1. The van der Waals surface area contributed by atoms with Gasteiger partial charge in [-0.05, 0) is 70.2 Å². The lowest BCUT2D eigenvalue weighted by molar-refractivity contribution is -0.162. The zero-order chi connectivity index (χ0) is 30.7. The summed E-state index contributed by atoms with van der Waals surface area (Å²) < 4.78 is 12.5. The highest BCUT2D eigenvalue weighted by Crippen LogP contribution is 2.65. The van der Waals surface area contributed by atoms with E-state index in [9.17, 15) is 19.5 Å². The van der Waals surface area contributed by atoms with Crippen molar-refractivity contribution >= 4 is 29.2 Å². The molecule has 0 aromatic heterocycles. The molecular weight excluding hydrogens is 534 g/mol. The molecular formula is C33H47N3O6. The average Bonchev–Trinajstić information content (AvgIpc) is 3.61. The maximum absolute atomic E-state index is 14.7. The van der Waals surface area contributed by atoms with E-state index in [1.54, 1.807) is 17.1 Å². The van der Waals surface area contributed by atoms with Crippen LogP contribution in [0.3, 0.4) is 0 Å². The average molecular weight is 582 g/mol. The predicted molar refractivity (Wildman–Crippen MR) is 163 cm³/mol. The van der Waals surface area contributed by atoms with Crippen LogP contribution < -0.4 is 9.80 Å². The third-order valence-corrected chi connectivity index (χ3v) is 9.62. The first-order valence-electron chi connectivity index (χ1n) is 15.4. The molecule has 9 heteroatoms. The minimum Gasteiger partial charge on any atom is -0.465 e. The normalized spacial score (nSPS) is 28.4. The number of ether oxygens (including phenoxy) is 2. The maximum atomic E-state index is 14.7. The van der Waals surface area contributed by atoms with E-state index in [2.05, 4.69) is 31.9 Å². The van der Waals surface area contributed by atoms with Crippen molar-refractivity contribution in [2.24, 2.45) is 11.8 Å². The quantitative estimate of drug-likeness (QED) is 0.189. The minimum absolute atomic E-state index is 0.170. The summed E-state index contributed by atoms with van der Waals surface area (Å²) in [5, 5.41) is 10.4. The molecule has 1 N–H and O–H groups in total. The van der Waals surface area contributed by atoms with Crippen LogP contribution in [0.5, 0.6) is 0 Å². The molecule has 6 atom stereocenters. The summed E-state index contributed by atoms with van der Waals surface area (Å²) in [6, 6.07) is 6.20. The highest BCUT2D eigenvalue weighted by Gasteiger charge is 2.79. The second-order valence-electron chi connectivity index (χ2n) is 11.5. The van der Waals surface area contributed by atoms with Crippen LogP contribution in [0.4, 0.5) is 11.4 Å². The van der Waals surface area contributed by atoms with Crippen molar-refractivity contribution < 1.29 is 29.0 Å². The van der Waals surface area contributed by atoms with Crippen LogP contribution in [0.25, 0.3) is 0 Å². The molecule has 3 aliphatic rings. The van der Waals surface area contributed by atoms with Gasteiger partial charge in [0.05, 0.1) is 30.8 Å². The van der Waals surface area contributed by atoms with Crippen LogP contribution in [0, 0.1) is 11.8 Å². The SMILES string of the molecule is C=CCCOC(=O)[C@@H]1[C@H]2C(=O)N([C@@H](CC)CO)C(C(=O)N(CC=C)c3ccc(N(CC)CC)cc3)C23CC[C@@]1(CC)O3. The molecule has 3 saturated heterocycles. The Labute approximate surface area is 250 Å². The Morgan fingerprint density at radius 2 is 1.79 bits per heavy atom. The molecule has 3 aliphatic heterocycles. The van der Waals surface area contributed by atoms with Gasteiger partial charge in [0.1, 0.15) is 17.6 Å². The zero-order valence-electron chi connectivity index (χ0n) is 25.6. The Bertz CT molecular complexity index is 1160. The van der Waals surface area contributed by atoms with Gasteiger partial charge in [0.2, 0.25) is 5.91 Å². The second-order valence-corrected chi connectivity index (χ2v) is 11.5. The number of benzene rings is 1. The summed E-state index contributed by atoms with van der Waals surface area (Å²) in [7, 11) is 0. The first-order chi connectivity index (χ1) is 20.2. The maximum Gasteiger partial charge on any atom is 0.312 e. The van der Waals surface area contributed by atoms with E-state index < -0.39 is 41.1 Å². The van der Waals surface area contributed by atoms with Crippen LogP contribution in [-0.2, 0) is 23.9 Å². The summed E-state index contributed by atoms with van der Waals surface area (Å²) >= 11 is 0. The number of carbonyl (C=O) groups excluding carboxylic acids is 3. The van der Waals surface area contributed by atoms with E-state index in [-0.39, 0.29) is 31.6 Å². The van der Waals surface area contributed by atoms with Crippen molar-refractivity contribution in [2.75, 3.05) is 42.6 Å². The van der Waals surface area contributed by atoms with Gasteiger partial charge in [0.15, 0.2) is 0 Å². The molecule has 1 spiro atoms. The molecule has 1 aromatic rings. The van der Waals surface area contributed by atoms with Crippen LogP contribution in [0.2, 0.25) is 0 Å². The fourth-order valence-electron chi connectivity index (χ4n) is 7.47. The van der Waals surface area contributed by atoms with Crippen molar-refractivity contribution in [3.05, 3.63) is 49.6 Å². The van der Waals surface area contributed by atoms with E-state index in [0.717, 1.165) is 18.8 Å².